The minimum atomic E-state index is -0.559. The van der Waals surface area contributed by atoms with Gasteiger partial charge in [-0.15, -0.1) is 0 Å². The molecule has 1 aromatic heterocycles. The maximum atomic E-state index is 11.0. The number of benzene rings is 1. The van der Waals surface area contributed by atoms with Gasteiger partial charge in [0.15, 0.2) is 5.69 Å². The number of hydrogen-bond donors (Lipinski definition) is 3. The molecule has 0 unspecified atom stereocenters. The molecular formula is C9H10N4O2. The third-order valence-corrected chi connectivity index (χ3v) is 2.02. The lowest BCUT2D eigenvalue weighted by molar-refractivity contribution is 0.0997. The zero-order valence-corrected chi connectivity index (χ0v) is 8.07. The van der Waals surface area contributed by atoms with E-state index in [4.69, 9.17) is 10.6 Å². The second-order valence-electron chi connectivity index (χ2n) is 3.00. The molecule has 6 nitrogen and oxygen atoms in total. The Labute approximate surface area is 85.4 Å². The monoisotopic (exact) mass is 206 g/mol. The van der Waals surface area contributed by atoms with E-state index in [2.05, 4.69) is 15.7 Å². The van der Waals surface area contributed by atoms with Crippen LogP contribution in [0.5, 0.6) is 0 Å². The van der Waals surface area contributed by atoms with Gasteiger partial charge in [0.05, 0.1) is 18.3 Å². The van der Waals surface area contributed by atoms with Crippen LogP contribution in [0.3, 0.4) is 0 Å². The number of carbonyl (C=O) groups excluding carboxylic acids is 1. The molecule has 0 fully saturated rings. The van der Waals surface area contributed by atoms with Crippen LogP contribution in [0.25, 0.3) is 10.9 Å². The van der Waals surface area contributed by atoms with Crippen molar-refractivity contribution in [2.24, 2.45) is 5.73 Å². The number of hydrogen-bond acceptors (Lipinski definition) is 4. The lowest BCUT2D eigenvalue weighted by Crippen LogP contribution is -2.11. The first-order valence-corrected chi connectivity index (χ1v) is 4.29. The van der Waals surface area contributed by atoms with Crippen LogP contribution in [0.1, 0.15) is 10.5 Å². The predicted molar refractivity (Wildman–Crippen MR) is 55.2 cm³/mol. The minimum absolute atomic E-state index is 0.227. The largest absolute Gasteiger partial charge is 0.364 e. The summed E-state index contributed by atoms with van der Waals surface area (Å²) in [5.74, 6) is -0.559. The SMILES string of the molecule is CONc1ccc2[nH]nc(C(N)=O)c2c1. The second-order valence-corrected chi connectivity index (χ2v) is 3.00. The molecule has 15 heavy (non-hydrogen) atoms. The summed E-state index contributed by atoms with van der Waals surface area (Å²) in [6.07, 6.45) is 0. The van der Waals surface area contributed by atoms with E-state index in [1.54, 1.807) is 18.2 Å². The van der Waals surface area contributed by atoms with Gasteiger partial charge >= 0.3 is 0 Å². The quantitative estimate of drug-likeness (QED) is 0.642. The molecule has 0 spiro atoms. The number of nitrogens with zero attached hydrogens (tertiary/aromatic N) is 1. The number of H-pyrrole nitrogens is 1. The molecular weight excluding hydrogens is 196 g/mol. The van der Waals surface area contributed by atoms with E-state index >= 15 is 0 Å². The van der Waals surface area contributed by atoms with Crippen molar-refractivity contribution in [1.29, 1.82) is 0 Å². The minimum Gasteiger partial charge on any atom is -0.364 e. The molecule has 1 heterocycles. The number of aromatic nitrogens is 2. The van der Waals surface area contributed by atoms with E-state index in [0.29, 0.717) is 5.39 Å². The van der Waals surface area contributed by atoms with E-state index in [1.807, 2.05) is 0 Å². The van der Waals surface area contributed by atoms with Crippen LogP contribution < -0.4 is 11.2 Å². The maximum absolute atomic E-state index is 11.0. The number of nitrogens with one attached hydrogen (secondary N) is 2. The molecule has 0 aliphatic carbocycles. The van der Waals surface area contributed by atoms with Crippen molar-refractivity contribution in [3.05, 3.63) is 23.9 Å². The summed E-state index contributed by atoms with van der Waals surface area (Å²) >= 11 is 0. The van der Waals surface area contributed by atoms with Gasteiger partial charge in [0.2, 0.25) is 0 Å². The van der Waals surface area contributed by atoms with Crippen LogP contribution in [0.4, 0.5) is 5.69 Å². The molecule has 0 saturated carbocycles. The van der Waals surface area contributed by atoms with Crippen molar-refractivity contribution < 1.29 is 9.63 Å². The topological polar surface area (TPSA) is 93.0 Å². The van der Waals surface area contributed by atoms with Gasteiger partial charge in [-0.2, -0.15) is 5.10 Å². The van der Waals surface area contributed by atoms with Crippen LogP contribution in [0.2, 0.25) is 0 Å². The Morgan fingerprint density at radius 1 is 1.60 bits per heavy atom. The highest BCUT2D eigenvalue weighted by Crippen LogP contribution is 2.20. The van der Waals surface area contributed by atoms with Crippen molar-refractivity contribution >= 4 is 22.5 Å². The number of nitrogens with two attached hydrogens (primary N) is 1. The molecule has 0 saturated heterocycles. The average Bonchev–Trinajstić information content (AvgIpc) is 2.61. The summed E-state index contributed by atoms with van der Waals surface area (Å²) in [5, 5.41) is 7.22. The number of anilines is 1. The van der Waals surface area contributed by atoms with Gasteiger partial charge in [0.1, 0.15) is 0 Å². The maximum Gasteiger partial charge on any atom is 0.269 e. The van der Waals surface area contributed by atoms with Crippen molar-refractivity contribution in [3.63, 3.8) is 0 Å². The lowest BCUT2D eigenvalue weighted by Gasteiger charge is -2.02. The van der Waals surface area contributed by atoms with Gasteiger partial charge in [-0.05, 0) is 18.2 Å². The third-order valence-electron chi connectivity index (χ3n) is 2.02. The normalized spacial score (nSPS) is 10.5. The molecule has 2 aromatic rings. The van der Waals surface area contributed by atoms with E-state index in [0.717, 1.165) is 11.2 Å². The van der Waals surface area contributed by atoms with Gasteiger partial charge in [-0.3, -0.25) is 20.2 Å². The van der Waals surface area contributed by atoms with Crippen LogP contribution in [-0.2, 0) is 4.84 Å². The average molecular weight is 206 g/mol. The van der Waals surface area contributed by atoms with Crippen molar-refractivity contribution in [2.75, 3.05) is 12.6 Å². The number of rotatable bonds is 3. The molecule has 1 aromatic carbocycles. The first-order valence-electron chi connectivity index (χ1n) is 4.29. The van der Waals surface area contributed by atoms with Gasteiger partial charge in [0, 0.05) is 5.39 Å². The van der Waals surface area contributed by atoms with Crippen LogP contribution in [0.15, 0.2) is 18.2 Å². The van der Waals surface area contributed by atoms with Crippen LogP contribution in [0, 0.1) is 0 Å². The van der Waals surface area contributed by atoms with E-state index in [1.165, 1.54) is 7.11 Å². The summed E-state index contributed by atoms with van der Waals surface area (Å²) in [6, 6.07) is 5.33. The molecule has 4 N–H and O–H groups in total. The Morgan fingerprint density at radius 2 is 2.40 bits per heavy atom. The molecule has 0 atom stereocenters. The van der Waals surface area contributed by atoms with Gasteiger partial charge in [-0.25, -0.2) is 0 Å². The Balaban J connectivity index is 2.56. The summed E-state index contributed by atoms with van der Waals surface area (Å²) in [7, 11) is 1.51. The molecule has 6 heteroatoms. The standard InChI is InChI=1S/C9H10N4O2/c1-15-13-5-2-3-7-6(4-5)8(9(10)14)12-11-7/h2-4,13H,1H3,(H2,10,14)(H,11,12). The number of amides is 1. The fourth-order valence-electron chi connectivity index (χ4n) is 1.38. The Morgan fingerprint density at radius 3 is 3.07 bits per heavy atom. The first kappa shape index (κ1) is 9.47. The summed E-state index contributed by atoms with van der Waals surface area (Å²) in [4.78, 5) is 15.8. The zero-order valence-electron chi connectivity index (χ0n) is 8.07. The Kier molecular flexibility index (Phi) is 2.26. The summed E-state index contributed by atoms with van der Waals surface area (Å²) < 4.78 is 0. The first-order chi connectivity index (χ1) is 7.22. The van der Waals surface area contributed by atoms with Crippen LogP contribution >= 0.6 is 0 Å². The molecule has 2 rings (SSSR count). The van der Waals surface area contributed by atoms with Gasteiger partial charge in [-0.1, -0.05) is 0 Å². The number of aromatic amines is 1. The predicted octanol–water partition coefficient (Wildman–Crippen LogP) is 0.635. The highest BCUT2D eigenvalue weighted by Gasteiger charge is 2.10. The molecule has 78 valence electrons. The number of primary amides is 1. The van der Waals surface area contributed by atoms with Crippen molar-refractivity contribution in [3.8, 4) is 0 Å². The van der Waals surface area contributed by atoms with E-state index in [9.17, 15) is 4.79 Å². The van der Waals surface area contributed by atoms with Crippen molar-refractivity contribution in [1.82, 2.24) is 10.2 Å². The molecule has 0 aliphatic rings. The fraction of sp³-hybridized carbons (Fsp3) is 0.111. The summed E-state index contributed by atoms with van der Waals surface area (Å²) in [5.41, 5.74) is 9.55. The molecule has 0 aliphatic heterocycles. The zero-order chi connectivity index (χ0) is 10.8. The Bertz CT molecular complexity index is 506. The van der Waals surface area contributed by atoms with E-state index < -0.39 is 5.91 Å². The van der Waals surface area contributed by atoms with Crippen LogP contribution in [-0.4, -0.2) is 23.2 Å². The smallest absolute Gasteiger partial charge is 0.269 e. The van der Waals surface area contributed by atoms with Gasteiger partial charge < -0.3 is 5.73 Å². The molecule has 1 amide bonds. The number of carbonyl (C=O) groups is 1. The van der Waals surface area contributed by atoms with Gasteiger partial charge in [0.25, 0.3) is 5.91 Å². The fourth-order valence-corrected chi connectivity index (χ4v) is 1.38. The lowest BCUT2D eigenvalue weighted by atomic mass is 10.2. The highest BCUT2D eigenvalue weighted by molar-refractivity contribution is 6.04. The summed E-state index contributed by atoms with van der Waals surface area (Å²) in [6.45, 7) is 0. The Hall–Kier alpha value is -2.08. The molecule has 0 bridgehead atoms. The van der Waals surface area contributed by atoms with Crippen molar-refractivity contribution in [2.45, 2.75) is 0 Å². The highest BCUT2D eigenvalue weighted by atomic mass is 16.6. The van der Waals surface area contributed by atoms with E-state index in [-0.39, 0.29) is 5.69 Å². The third kappa shape index (κ3) is 1.62. The number of fused-ring (bicyclic) bond motifs is 1. The second kappa shape index (κ2) is 3.58. The molecule has 0 radical (unpaired) electrons.